The number of carbonyl (C=O) groups is 1. The van der Waals surface area contributed by atoms with Crippen LogP contribution in [0.15, 0.2) is 12.1 Å². The van der Waals surface area contributed by atoms with Crippen LogP contribution >= 0.6 is 0 Å². The van der Waals surface area contributed by atoms with Gasteiger partial charge in [-0.05, 0) is 11.5 Å². The van der Waals surface area contributed by atoms with E-state index < -0.39 is 19.2 Å². The second-order valence-electron chi connectivity index (χ2n) is 3.73. The van der Waals surface area contributed by atoms with E-state index in [9.17, 15) is 14.9 Å². The maximum atomic E-state index is 10.7. The molecule has 0 fully saturated rings. The van der Waals surface area contributed by atoms with Crippen LogP contribution in [0.1, 0.15) is 18.1 Å². The lowest BCUT2D eigenvalue weighted by Gasteiger charge is -2.13. The molecular formula is C10H11BO6. The number of hydrogen-bond acceptors (Lipinski definition) is 5. The van der Waals surface area contributed by atoms with Crippen LogP contribution in [0.2, 0.25) is 0 Å². The highest BCUT2D eigenvalue weighted by Gasteiger charge is 2.39. The van der Waals surface area contributed by atoms with Crippen molar-refractivity contribution in [1.29, 1.82) is 0 Å². The molecule has 6 nitrogen and oxygen atoms in total. The first kappa shape index (κ1) is 11.8. The van der Waals surface area contributed by atoms with E-state index in [0.29, 0.717) is 16.8 Å². The number of rotatable bonds is 3. The van der Waals surface area contributed by atoms with E-state index in [2.05, 4.69) is 0 Å². The fraction of sp³-hybridized carbons (Fsp3) is 0.300. The minimum Gasteiger partial charge on any atom is -0.508 e. The van der Waals surface area contributed by atoms with Crippen LogP contribution in [-0.2, 0) is 9.45 Å². The predicted molar refractivity (Wildman–Crippen MR) is 58.3 cm³/mol. The van der Waals surface area contributed by atoms with Crippen molar-refractivity contribution in [1.82, 2.24) is 0 Å². The Morgan fingerprint density at radius 3 is 2.88 bits per heavy atom. The van der Waals surface area contributed by atoms with Gasteiger partial charge in [0.15, 0.2) is 0 Å². The Balaban J connectivity index is 2.47. The Morgan fingerprint density at radius 1 is 1.59 bits per heavy atom. The summed E-state index contributed by atoms with van der Waals surface area (Å²) in [7, 11) is 0.160. The summed E-state index contributed by atoms with van der Waals surface area (Å²) in [5.41, 5.74) is 0.813. The van der Waals surface area contributed by atoms with Crippen LogP contribution in [0, 0.1) is 0 Å². The van der Waals surface area contributed by atoms with Crippen LogP contribution in [0.3, 0.4) is 0 Å². The maximum absolute atomic E-state index is 10.7. The van der Waals surface area contributed by atoms with Crippen LogP contribution in [0.25, 0.3) is 0 Å². The van der Waals surface area contributed by atoms with Gasteiger partial charge in [-0.15, -0.1) is 0 Å². The number of carboxylic acid groups (broad SMARTS) is 1. The second-order valence-corrected chi connectivity index (χ2v) is 3.73. The summed E-state index contributed by atoms with van der Waals surface area (Å²) < 4.78 is 10.2. The van der Waals surface area contributed by atoms with Crippen molar-refractivity contribution in [3.05, 3.63) is 17.7 Å². The van der Waals surface area contributed by atoms with Gasteiger partial charge in [0.25, 0.3) is 0 Å². The molecule has 1 atom stereocenters. The second kappa shape index (κ2) is 4.27. The van der Waals surface area contributed by atoms with Gasteiger partial charge in [0.05, 0.1) is 19.6 Å². The summed E-state index contributed by atoms with van der Waals surface area (Å²) in [6.07, 6.45) is -1.04. The minimum absolute atomic E-state index is 0.0702. The van der Waals surface area contributed by atoms with Gasteiger partial charge in [0.1, 0.15) is 11.5 Å². The molecule has 1 aromatic carbocycles. The first-order valence-corrected chi connectivity index (χ1v) is 4.99. The molecule has 1 aromatic rings. The normalized spacial score (nSPS) is 18.0. The molecule has 2 rings (SSSR count). The van der Waals surface area contributed by atoms with Gasteiger partial charge in [0, 0.05) is 11.6 Å². The highest BCUT2D eigenvalue weighted by atomic mass is 16.5. The van der Waals surface area contributed by atoms with Crippen molar-refractivity contribution < 1.29 is 29.4 Å². The van der Waals surface area contributed by atoms with E-state index in [1.54, 1.807) is 0 Å². The number of aliphatic carboxylic acids is 1. The molecule has 7 heteroatoms. The Labute approximate surface area is 97.5 Å². The monoisotopic (exact) mass is 238 g/mol. The van der Waals surface area contributed by atoms with E-state index in [1.165, 1.54) is 19.2 Å². The van der Waals surface area contributed by atoms with Gasteiger partial charge in [-0.25, -0.2) is 0 Å². The molecular weight excluding hydrogens is 227 g/mol. The van der Waals surface area contributed by atoms with Gasteiger partial charge in [-0.1, -0.05) is 0 Å². The topological polar surface area (TPSA) is 96.2 Å². The molecule has 0 bridgehead atoms. The van der Waals surface area contributed by atoms with E-state index in [1.807, 2.05) is 0 Å². The van der Waals surface area contributed by atoms with Crippen molar-refractivity contribution in [2.24, 2.45) is 0 Å². The van der Waals surface area contributed by atoms with Gasteiger partial charge < -0.3 is 24.6 Å². The van der Waals surface area contributed by atoms with E-state index in [-0.39, 0.29) is 12.2 Å². The molecule has 17 heavy (non-hydrogen) atoms. The highest BCUT2D eigenvalue weighted by molar-refractivity contribution is 6.62. The number of hydrogen-bond donors (Lipinski definition) is 3. The fourth-order valence-electron chi connectivity index (χ4n) is 1.96. The minimum atomic E-state index is -1.24. The summed E-state index contributed by atoms with van der Waals surface area (Å²) in [6.45, 7) is 0. The third-order valence-corrected chi connectivity index (χ3v) is 2.62. The molecule has 1 unspecified atom stereocenters. The van der Waals surface area contributed by atoms with Crippen molar-refractivity contribution in [2.75, 3.05) is 7.11 Å². The summed E-state index contributed by atoms with van der Waals surface area (Å²) in [4.78, 5) is 10.7. The largest absolute Gasteiger partial charge is 0.508 e. The Bertz CT molecular complexity index is 460. The average molecular weight is 238 g/mol. The molecule has 0 saturated heterocycles. The molecule has 1 aliphatic rings. The number of phenolic OH excluding ortho intramolecular Hbond substituents is 1. The van der Waals surface area contributed by atoms with E-state index in [4.69, 9.17) is 14.5 Å². The van der Waals surface area contributed by atoms with Gasteiger partial charge in [-0.3, -0.25) is 4.79 Å². The third-order valence-electron chi connectivity index (χ3n) is 2.62. The van der Waals surface area contributed by atoms with Crippen LogP contribution in [0.4, 0.5) is 0 Å². The molecule has 1 heterocycles. The molecule has 0 aromatic heterocycles. The van der Waals surface area contributed by atoms with Gasteiger partial charge >= 0.3 is 13.1 Å². The third kappa shape index (κ3) is 2.06. The Morgan fingerprint density at radius 2 is 2.29 bits per heavy atom. The number of ether oxygens (including phenoxy) is 1. The summed E-state index contributed by atoms with van der Waals surface area (Å²) in [6, 6.07) is 2.69. The van der Waals surface area contributed by atoms with Crippen LogP contribution < -0.4 is 10.2 Å². The predicted octanol–water partition coefficient (Wildman–Crippen LogP) is -0.366. The molecule has 1 aliphatic heterocycles. The smallest absolute Gasteiger partial charge is 0.492 e. The number of carboxylic acids is 1. The van der Waals surface area contributed by atoms with Gasteiger partial charge in [0.2, 0.25) is 0 Å². The Hall–Kier alpha value is -1.73. The van der Waals surface area contributed by atoms with Crippen molar-refractivity contribution >= 4 is 18.6 Å². The number of phenols is 1. The first-order valence-electron chi connectivity index (χ1n) is 4.99. The molecule has 3 N–H and O–H groups in total. The number of methoxy groups -OCH3 is 1. The summed E-state index contributed by atoms with van der Waals surface area (Å²) in [5, 5.41) is 27.8. The lowest BCUT2D eigenvalue weighted by molar-refractivity contribution is -0.138. The van der Waals surface area contributed by atoms with E-state index >= 15 is 0 Å². The van der Waals surface area contributed by atoms with Crippen LogP contribution in [-0.4, -0.2) is 35.4 Å². The number of aromatic hydroxyl groups is 1. The standard InChI is InChI=1S/C10H11BO6/c1-16-7-3-5(12)2-6-10(7)8(4-9(13)14)17-11(6)15/h2-3,8,12,15H,4H2,1H3,(H,13,14). The molecule has 90 valence electrons. The van der Waals surface area contributed by atoms with Crippen molar-refractivity contribution in [3.8, 4) is 11.5 Å². The first-order chi connectivity index (χ1) is 8.02. The lowest BCUT2D eigenvalue weighted by atomic mass is 9.78. The lowest BCUT2D eigenvalue weighted by Crippen LogP contribution is -2.28. The summed E-state index contributed by atoms with van der Waals surface area (Å²) in [5.74, 6) is -0.799. The van der Waals surface area contributed by atoms with Crippen molar-refractivity contribution in [2.45, 2.75) is 12.5 Å². The fourth-order valence-corrected chi connectivity index (χ4v) is 1.96. The zero-order valence-electron chi connectivity index (χ0n) is 9.08. The molecule has 0 aliphatic carbocycles. The number of fused-ring (bicyclic) bond motifs is 1. The quantitative estimate of drug-likeness (QED) is 0.622. The maximum Gasteiger partial charge on any atom is 0.492 e. The SMILES string of the molecule is COc1cc(O)cc2c1C(CC(=O)O)OB2O. The molecule has 0 radical (unpaired) electrons. The van der Waals surface area contributed by atoms with Gasteiger partial charge in [-0.2, -0.15) is 0 Å². The Kier molecular flexibility index (Phi) is 2.95. The zero-order chi connectivity index (χ0) is 12.6. The summed E-state index contributed by atoms with van der Waals surface area (Å²) >= 11 is 0. The number of benzene rings is 1. The van der Waals surface area contributed by atoms with E-state index in [0.717, 1.165) is 0 Å². The van der Waals surface area contributed by atoms with Crippen molar-refractivity contribution in [3.63, 3.8) is 0 Å². The van der Waals surface area contributed by atoms with Crippen LogP contribution in [0.5, 0.6) is 11.5 Å². The molecule has 0 spiro atoms. The molecule has 0 saturated carbocycles. The molecule has 0 amide bonds. The highest BCUT2D eigenvalue weighted by Crippen LogP contribution is 2.35. The zero-order valence-corrected chi connectivity index (χ0v) is 9.08. The average Bonchev–Trinajstić information content (AvgIpc) is 2.54.